The van der Waals surface area contributed by atoms with Crippen LogP contribution in [0.25, 0.3) is 0 Å². The molecule has 190 valence electrons. The van der Waals surface area contributed by atoms with Gasteiger partial charge in [-0.15, -0.1) is 10.2 Å². The number of sulfonamides is 1. The molecule has 0 saturated heterocycles. The number of carbonyl (C=O) groups excluding carboxylic acids is 1. The lowest BCUT2D eigenvalue weighted by Crippen LogP contribution is -2.34. The Morgan fingerprint density at radius 2 is 1.68 bits per heavy atom. The van der Waals surface area contributed by atoms with Gasteiger partial charge in [0.05, 0.1) is 10.5 Å². The van der Waals surface area contributed by atoms with Gasteiger partial charge >= 0.3 is 0 Å². The summed E-state index contributed by atoms with van der Waals surface area (Å²) >= 11 is 6.46. The highest BCUT2D eigenvalue weighted by atomic mass is 32.2. The first-order chi connectivity index (χ1) is 17.8. The topological polar surface area (TPSA) is 122 Å². The maximum absolute atomic E-state index is 12.8. The van der Waals surface area contributed by atoms with Gasteiger partial charge in [-0.1, -0.05) is 60.7 Å². The van der Waals surface area contributed by atoms with Gasteiger partial charge in [0.15, 0.2) is 5.11 Å². The molecule has 0 spiro atoms. The van der Waals surface area contributed by atoms with Gasteiger partial charge in [0.25, 0.3) is 15.9 Å². The van der Waals surface area contributed by atoms with Gasteiger partial charge in [-0.3, -0.25) is 14.8 Å². The number of anilines is 2. The fourth-order valence-corrected chi connectivity index (χ4v) is 5.30. The number of para-hydroxylation sites is 1. The second-order valence-electron chi connectivity index (χ2n) is 7.66. The maximum Gasteiger partial charge on any atom is 0.263 e. The van der Waals surface area contributed by atoms with Crippen LogP contribution >= 0.6 is 23.6 Å². The summed E-state index contributed by atoms with van der Waals surface area (Å²) in [5, 5.41) is 14.2. The summed E-state index contributed by atoms with van der Waals surface area (Å²) in [7, 11) is -3.83. The van der Waals surface area contributed by atoms with Gasteiger partial charge in [0.2, 0.25) is 5.13 Å². The van der Waals surface area contributed by atoms with Crippen LogP contribution in [0.2, 0.25) is 0 Å². The normalized spacial score (nSPS) is 10.9. The average Bonchev–Trinajstić information content (AvgIpc) is 3.35. The summed E-state index contributed by atoms with van der Waals surface area (Å²) in [6, 6.07) is 22.4. The van der Waals surface area contributed by atoms with Crippen molar-refractivity contribution in [3.8, 4) is 5.75 Å². The molecule has 0 atom stereocenters. The molecule has 0 bridgehead atoms. The number of hydrogen-bond acceptors (Lipinski definition) is 8. The molecule has 0 aliphatic heterocycles. The molecule has 4 aromatic rings. The van der Waals surface area contributed by atoms with Crippen molar-refractivity contribution in [3.63, 3.8) is 0 Å². The average molecular weight is 554 g/mol. The Morgan fingerprint density at radius 1 is 0.973 bits per heavy atom. The molecule has 0 unspecified atom stereocenters. The molecule has 0 saturated carbocycles. The zero-order valence-corrected chi connectivity index (χ0v) is 22.1. The molecule has 9 nitrogen and oxygen atoms in total. The molecular weight excluding hydrogens is 531 g/mol. The molecule has 3 aromatic carbocycles. The second-order valence-corrected chi connectivity index (χ2v) is 10.8. The third-order valence-corrected chi connectivity index (χ3v) is 7.68. The van der Waals surface area contributed by atoms with Gasteiger partial charge in [0.1, 0.15) is 17.4 Å². The molecule has 0 fully saturated rings. The molecule has 0 aliphatic rings. The van der Waals surface area contributed by atoms with E-state index >= 15 is 0 Å². The number of aryl methyl sites for hydroxylation is 1. The fourth-order valence-electron chi connectivity index (χ4n) is 3.18. The van der Waals surface area contributed by atoms with Crippen LogP contribution in [-0.2, 0) is 23.1 Å². The summed E-state index contributed by atoms with van der Waals surface area (Å²) < 4.78 is 33.5. The summed E-state index contributed by atoms with van der Waals surface area (Å²) in [6.07, 6.45) is 0.669. The summed E-state index contributed by atoms with van der Waals surface area (Å²) in [6.45, 7) is 2.23. The quantitative estimate of drug-likeness (QED) is 0.257. The highest BCUT2D eigenvalue weighted by Crippen LogP contribution is 2.22. The predicted molar refractivity (Wildman–Crippen MR) is 147 cm³/mol. The fraction of sp³-hybridized carbons (Fsp3) is 0.120. The van der Waals surface area contributed by atoms with Crippen LogP contribution in [0.15, 0.2) is 83.8 Å². The Balaban J connectivity index is 1.35. The van der Waals surface area contributed by atoms with Crippen molar-refractivity contribution in [1.82, 2.24) is 15.5 Å². The van der Waals surface area contributed by atoms with Gasteiger partial charge < -0.3 is 10.1 Å². The van der Waals surface area contributed by atoms with Crippen molar-refractivity contribution in [2.24, 2.45) is 0 Å². The van der Waals surface area contributed by atoms with E-state index in [0.717, 1.165) is 10.6 Å². The minimum absolute atomic E-state index is 0.0470. The molecule has 3 N–H and O–H groups in total. The van der Waals surface area contributed by atoms with E-state index in [1.165, 1.54) is 23.5 Å². The van der Waals surface area contributed by atoms with Crippen molar-refractivity contribution in [3.05, 3.63) is 95.0 Å². The summed E-state index contributed by atoms with van der Waals surface area (Å²) in [4.78, 5) is 12.9. The molecule has 1 heterocycles. The summed E-state index contributed by atoms with van der Waals surface area (Å²) in [5.74, 6) is -0.0109. The zero-order chi connectivity index (χ0) is 26.3. The SMILES string of the molecule is CCc1nnc(NS(=O)(=O)c2ccc(NC(=S)NC(=O)c3ccccc3OCc3ccccc3)cc2)s1. The van der Waals surface area contributed by atoms with Crippen LogP contribution in [0, 0.1) is 0 Å². The Labute approximate surface area is 224 Å². The Bertz CT molecular complexity index is 1490. The Hall–Kier alpha value is -3.87. The number of nitrogens with zero attached hydrogens (tertiary/aromatic N) is 2. The first-order valence-electron chi connectivity index (χ1n) is 11.2. The number of aromatic nitrogens is 2. The number of amides is 1. The third-order valence-electron chi connectivity index (χ3n) is 5.01. The van der Waals surface area contributed by atoms with E-state index < -0.39 is 15.9 Å². The van der Waals surface area contributed by atoms with E-state index in [9.17, 15) is 13.2 Å². The Morgan fingerprint density at radius 3 is 2.38 bits per heavy atom. The van der Waals surface area contributed by atoms with E-state index in [1.54, 1.807) is 36.4 Å². The molecule has 12 heteroatoms. The van der Waals surface area contributed by atoms with E-state index in [1.807, 2.05) is 37.3 Å². The largest absolute Gasteiger partial charge is 0.488 e. The smallest absolute Gasteiger partial charge is 0.263 e. The minimum Gasteiger partial charge on any atom is -0.488 e. The van der Waals surface area contributed by atoms with Crippen molar-refractivity contribution >= 4 is 55.4 Å². The van der Waals surface area contributed by atoms with Gasteiger partial charge in [-0.25, -0.2) is 8.42 Å². The number of nitrogens with one attached hydrogen (secondary N) is 3. The lowest BCUT2D eigenvalue weighted by molar-refractivity contribution is 0.0973. The first kappa shape index (κ1) is 26.2. The number of thiocarbonyl (C=S) groups is 1. The highest BCUT2D eigenvalue weighted by molar-refractivity contribution is 7.93. The lowest BCUT2D eigenvalue weighted by atomic mass is 10.2. The number of hydrogen-bond donors (Lipinski definition) is 3. The molecule has 0 aliphatic carbocycles. The van der Waals surface area contributed by atoms with Gasteiger partial charge in [-0.05, 0) is 60.6 Å². The van der Waals surface area contributed by atoms with Crippen LogP contribution in [0.4, 0.5) is 10.8 Å². The van der Waals surface area contributed by atoms with Crippen molar-refractivity contribution in [1.29, 1.82) is 0 Å². The van der Waals surface area contributed by atoms with E-state index in [4.69, 9.17) is 17.0 Å². The predicted octanol–water partition coefficient (Wildman–Crippen LogP) is 4.61. The highest BCUT2D eigenvalue weighted by Gasteiger charge is 2.17. The van der Waals surface area contributed by atoms with E-state index in [-0.39, 0.29) is 15.1 Å². The second kappa shape index (κ2) is 11.9. The van der Waals surface area contributed by atoms with Crippen LogP contribution in [0.5, 0.6) is 5.75 Å². The monoisotopic (exact) mass is 553 g/mol. The van der Waals surface area contributed by atoms with Gasteiger partial charge in [-0.2, -0.15) is 0 Å². The van der Waals surface area contributed by atoms with Gasteiger partial charge in [0, 0.05) is 5.69 Å². The van der Waals surface area contributed by atoms with Crippen molar-refractivity contribution in [2.45, 2.75) is 24.8 Å². The molecule has 37 heavy (non-hydrogen) atoms. The molecular formula is C25H23N5O4S3. The van der Waals surface area contributed by atoms with Crippen molar-refractivity contribution in [2.75, 3.05) is 10.0 Å². The first-order valence-corrected chi connectivity index (χ1v) is 13.9. The molecule has 1 aromatic heterocycles. The van der Waals surface area contributed by atoms with Crippen molar-refractivity contribution < 1.29 is 17.9 Å². The van der Waals surface area contributed by atoms with Crippen LogP contribution in [0.1, 0.15) is 27.9 Å². The number of ether oxygens (including phenoxy) is 1. The standard InChI is InChI=1S/C25H23N5O4S3/c1-2-22-28-29-25(36-22)30-37(32,33)19-14-12-18(13-15-19)26-24(35)27-23(31)20-10-6-7-11-21(20)34-16-17-8-4-3-5-9-17/h3-15H,2,16H2,1H3,(H,29,30)(H2,26,27,31,35). The van der Waals surface area contributed by atoms with E-state index in [0.29, 0.717) is 30.0 Å². The van der Waals surface area contributed by atoms with E-state index in [2.05, 4.69) is 25.6 Å². The van der Waals surface area contributed by atoms with Crippen LogP contribution in [0.3, 0.4) is 0 Å². The molecule has 4 rings (SSSR count). The van der Waals surface area contributed by atoms with Crippen LogP contribution in [-0.4, -0.2) is 29.6 Å². The minimum atomic E-state index is -3.83. The molecule has 1 amide bonds. The maximum atomic E-state index is 12.8. The third kappa shape index (κ3) is 7.09. The number of rotatable bonds is 9. The lowest BCUT2D eigenvalue weighted by Gasteiger charge is -2.13. The summed E-state index contributed by atoms with van der Waals surface area (Å²) in [5.41, 5.74) is 1.81. The number of carbonyl (C=O) groups is 1. The zero-order valence-electron chi connectivity index (χ0n) is 19.7. The Kier molecular flexibility index (Phi) is 8.43. The molecule has 0 radical (unpaired) electrons. The number of benzene rings is 3. The van der Waals surface area contributed by atoms with Crippen LogP contribution < -0.4 is 20.1 Å².